The summed E-state index contributed by atoms with van der Waals surface area (Å²) < 4.78 is 0. The van der Waals surface area contributed by atoms with E-state index >= 15 is 0 Å². The highest BCUT2D eigenvalue weighted by Gasteiger charge is 2.17. The Morgan fingerprint density at radius 2 is 1.65 bits per heavy atom. The Hall–Kier alpha value is -0.860. The van der Waals surface area contributed by atoms with E-state index in [0.717, 1.165) is 19.7 Å². The highest BCUT2D eigenvalue weighted by atomic mass is 16.2. The number of hydrogen-bond donors (Lipinski definition) is 1. The monoisotopic (exact) mass is 235 g/mol. The maximum atomic E-state index is 7.00. The fraction of sp³-hybridized carbons (Fsp3) is 0.600. The molecule has 1 aromatic rings. The summed E-state index contributed by atoms with van der Waals surface area (Å²) in [6.45, 7) is 1.10. The number of nitrogens with zero attached hydrogens (tertiary/aromatic N) is 1. The van der Waals surface area contributed by atoms with Crippen LogP contribution in [0.25, 0.3) is 0 Å². The van der Waals surface area contributed by atoms with E-state index in [4.69, 9.17) is 5.11 Å². The fourth-order valence-electron chi connectivity index (χ4n) is 2.52. The Bertz CT molecular complexity index is 280. The van der Waals surface area contributed by atoms with Crippen LogP contribution in [0.1, 0.15) is 37.7 Å². The Balaban J connectivity index is 0.000000686. The Morgan fingerprint density at radius 3 is 2.24 bits per heavy atom. The molecule has 0 heterocycles. The Morgan fingerprint density at radius 1 is 1.06 bits per heavy atom. The van der Waals surface area contributed by atoms with Gasteiger partial charge in [-0.2, -0.15) is 0 Å². The van der Waals surface area contributed by atoms with Crippen molar-refractivity contribution in [2.24, 2.45) is 0 Å². The van der Waals surface area contributed by atoms with Crippen molar-refractivity contribution in [3.63, 3.8) is 0 Å². The first-order chi connectivity index (χ1) is 8.36. The average Bonchev–Trinajstić information content (AvgIpc) is 2.43. The van der Waals surface area contributed by atoms with Crippen LogP contribution >= 0.6 is 0 Å². The van der Waals surface area contributed by atoms with Crippen molar-refractivity contribution in [2.45, 2.75) is 44.7 Å². The van der Waals surface area contributed by atoms with Crippen LogP contribution in [0.3, 0.4) is 0 Å². The molecule has 0 unspecified atom stereocenters. The van der Waals surface area contributed by atoms with E-state index in [-0.39, 0.29) is 0 Å². The second-order valence-electron chi connectivity index (χ2n) is 4.69. The zero-order valence-corrected chi connectivity index (χ0v) is 11.1. The van der Waals surface area contributed by atoms with Crippen LogP contribution in [0.4, 0.5) is 0 Å². The number of benzene rings is 1. The molecule has 2 nitrogen and oxygen atoms in total. The molecule has 2 heteroatoms. The van der Waals surface area contributed by atoms with Crippen molar-refractivity contribution < 1.29 is 5.11 Å². The predicted molar refractivity (Wildman–Crippen MR) is 72.9 cm³/mol. The summed E-state index contributed by atoms with van der Waals surface area (Å²) in [4.78, 5) is 2.52. The first-order valence-corrected chi connectivity index (χ1v) is 6.55. The van der Waals surface area contributed by atoms with Gasteiger partial charge in [-0.05, 0) is 25.5 Å². The summed E-state index contributed by atoms with van der Waals surface area (Å²) in [7, 11) is 3.27. The number of hydrogen-bond acceptors (Lipinski definition) is 2. The smallest absolute Gasteiger partial charge is 0.0319 e. The summed E-state index contributed by atoms with van der Waals surface area (Å²) in [6.07, 6.45) is 7.07. The first-order valence-electron chi connectivity index (χ1n) is 6.55. The lowest BCUT2D eigenvalue weighted by molar-refractivity contribution is 0.184. The van der Waals surface area contributed by atoms with E-state index in [9.17, 15) is 0 Å². The topological polar surface area (TPSA) is 23.5 Å². The maximum Gasteiger partial charge on any atom is 0.0319 e. The third-order valence-corrected chi connectivity index (χ3v) is 3.47. The lowest BCUT2D eigenvalue weighted by atomic mass is 9.94. The van der Waals surface area contributed by atoms with E-state index < -0.39 is 0 Å². The van der Waals surface area contributed by atoms with Crippen LogP contribution in [0, 0.1) is 0 Å². The molecule has 0 bridgehead atoms. The highest BCUT2D eigenvalue weighted by molar-refractivity contribution is 5.14. The van der Waals surface area contributed by atoms with Crippen LogP contribution in [0.5, 0.6) is 0 Å². The summed E-state index contributed by atoms with van der Waals surface area (Å²) >= 11 is 0. The van der Waals surface area contributed by atoms with E-state index in [1.807, 2.05) is 0 Å². The molecule has 1 N–H and O–H groups in total. The normalized spacial score (nSPS) is 16.5. The molecule has 17 heavy (non-hydrogen) atoms. The van der Waals surface area contributed by atoms with E-state index in [2.05, 4.69) is 42.3 Å². The molecule has 1 saturated carbocycles. The molecule has 1 fully saturated rings. The molecular weight excluding hydrogens is 210 g/mol. The van der Waals surface area contributed by atoms with Gasteiger partial charge in [-0.3, -0.25) is 4.90 Å². The van der Waals surface area contributed by atoms with Crippen molar-refractivity contribution >= 4 is 0 Å². The minimum absolute atomic E-state index is 0.818. The SMILES string of the molecule is CN(Cc1ccccc1)C1CCCCC1.CO. The molecule has 0 amide bonds. The molecule has 0 atom stereocenters. The second kappa shape index (κ2) is 8.26. The molecule has 1 aromatic carbocycles. The molecular formula is C15H25NO. The minimum Gasteiger partial charge on any atom is -0.400 e. The molecule has 0 aromatic heterocycles. The molecule has 96 valence electrons. The van der Waals surface area contributed by atoms with Gasteiger partial charge in [-0.15, -0.1) is 0 Å². The van der Waals surface area contributed by atoms with Crippen molar-refractivity contribution in [1.82, 2.24) is 4.90 Å². The fourth-order valence-corrected chi connectivity index (χ4v) is 2.52. The highest BCUT2D eigenvalue weighted by Crippen LogP contribution is 2.22. The lowest BCUT2D eigenvalue weighted by Gasteiger charge is -2.31. The van der Waals surface area contributed by atoms with Gasteiger partial charge in [0.05, 0.1) is 0 Å². The number of aliphatic hydroxyl groups is 1. The van der Waals surface area contributed by atoms with Crippen LogP contribution in [0.2, 0.25) is 0 Å². The van der Waals surface area contributed by atoms with Crippen molar-refractivity contribution in [3.8, 4) is 0 Å². The summed E-state index contributed by atoms with van der Waals surface area (Å²) in [5.74, 6) is 0. The lowest BCUT2D eigenvalue weighted by Crippen LogP contribution is -2.32. The second-order valence-corrected chi connectivity index (χ2v) is 4.69. The van der Waals surface area contributed by atoms with Gasteiger partial charge in [0.1, 0.15) is 0 Å². The molecule has 0 aliphatic heterocycles. The van der Waals surface area contributed by atoms with E-state index in [0.29, 0.717) is 0 Å². The molecule has 1 aliphatic rings. The molecule has 0 spiro atoms. The summed E-state index contributed by atoms with van der Waals surface area (Å²) in [5, 5.41) is 7.00. The van der Waals surface area contributed by atoms with E-state index in [1.165, 1.54) is 37.7 Å². The number of aliphatic hydroxyl groups excluding tert-OH is 1. The number of rotatable bonds is 3. The molecule has 2 rings (SSSR count). The van der Waals surface area contributed by atoms with Gasteiger partial charge in [0.15, 0.2) is 0 Å². The third-order valence-electron chi connectivity index (χ3n) is 3.47. The van der Waals surface area contributed by atoms with Crippen LogP contribution in [-0.2, 0) is 6.54 Å². The Labute approximate surface area is 105 Å². The minimum atomic E-state index is 0.818. The van der Waals surface area contributed by atoms with Gasteiger partial charge in [0, 0.05) is 19.7 Å². The molecule has 0 radical (unpaired) electrons. The molecule has 1 aliphatic carbocycles. The maximum absolute atomic E-state index is 7.00. The Kier molecular flexibility index (Phi) is 6.90. The predicted octanol–water partition coefficient (Wildman–Crippen LogP) is 3.06. The van der Waals surface area contributed by atoms with Crippen molar-refractivity contribution in [1.29, 1.82) is 0 Å². The third kappa shape index (κ3) is 4.88. The standard InChI is InChI=1S/C14H21N.CH4O/c1-15(14-10-6-3-7-11-14)12-13-8-4-2-5-9-13;1-2/h2,4-5,8-9,14H,3,6-7,10-12H2,1H3;2H,1H3. The van der Waals surface area contributed by atoms with Gasteiger partial charge >= 0.3 is 0 Å². The van der Waals surface area contributed by atoms with Crippen LogP contribution < -0.4 is 0 Å². The van der Waals surface area contributed by atoms with E-state index in [1.54, 1.807) is 0 Å². The van der Waals surface area contributed by atoms with Crippen LogP contribution in [0.15, 0.2) is 30.3 Å². The van der Waals surface area contributed by atoms with Crippen molar-refractivity contribution in [3.05, 3.63) is 35.9 Å². The average molecular weight is 235 g/mol. The summed E-state index contributed by atoms with van der Waals surface area (Å²) in [5.41, 5.74) is 1.44. The zero-order valence-electron chi connectivity index (χ0n) is 11.1. The van der Waals surface area contributed by atoms with Gasteiger partial charge in [-0.25, -0.2) is 0 Å². The largest absolute Gasteiger partial charge is 0.400 e. The van der Waals surface area contributed by atoms with Crippen molar-refractivity contribution in [2.75, 3.05) is 14.2 Å². The molecule has 0 saturated heterocycles. The quantitative estimate of drug-likeness (QED) is 0.870. The zero-order chi connectivity index (χ0) is 12.5. The van der Waals surface area contributed by atoms with Gasteiger partial charge < -0.3 is 5.11 Å². The van der Waals surface area contributed by atoms with Gasteiger partial charge in [0.2, 0.25) is 0 Å². The van der Waals surface area contributed by atoms with Gasteiger partial charge in [-0.1, -0.05) is 49.6 Å². The summed E-state index contributed by atoms with van der Waals surface area (Å²) in [6, 6.07) is 11.6. The van der Waals surface area contributed by atoms with Crippen LogP contribution in [-0.4, -0.2) is 30.2 Å². The first kappa shape index (κ1) is 14.2. The van der Waals surface area contributed by atoms with Gasteiger partial charge in [0.25, 0.3) is 0 Å².